The summed E-state index contributed by atoms with van der Waals surface area (Å²) in [5.41, 5.74) is 1.23. The first kappa shape index (κ1) is 21.2. The maximum absolute atomic E-state index is 12.8. The Morgan fingerprint density at radius 1 is 0.667 bits per heavy atom. The predicted octanol–water partition coefficient (Wildman–Crippen LogP) is 6.66. The van der Waals surface area contributed by atoms with Crippen molar-refractivity contribution in [2.24, 2.45) is 0 Å². The first-order valence-electron chi connectivity index (χ1n) is 10.3. The molecule has 0 aliphatic heterocycles. The summed E-state index contributed by atoms with van der Waals surface area (Å²) >= 11 is 0. The van der Waals surface area contributed by atoms with Gasteiger partial charge in [0.25, 0.3) is 0 Å². The van der Waals surface area contributed by atoms with E-state index in [4.69, 9.17) is 0 Å². The van der Waals surface area contributed by atoms with E-state index >= 15 is 0 Å². The molecule has 138 valence electrons. The van der Waals surface area contributed by atoms with Crippen LogP contribution in [0.2, 0.25) is 0 Å². The molecule has 0 heterocycles. The fraction of sp³-hybridized carbons (Fsp3) is 0.727. The van der Waals surface area contributed by atoms with Crippen LogP contribution in [-0.2, 0) is 6.42 Å². The van der Waals surface area contributed by atoms with Gasteiger partial charge in [-0.15, -0.1) is 0 Å². The summed E-state index contributed by atoms with van der Waals surface area (Å²) in [4.78, 5) is 0. The van der Waals surface area contributed by atoms with E-state index in [9.17, 15) is 4.39 Å². The minimum absolute atomic E-state index is 0.145. The van der Waals surface area contributed by atoms with Crippen molar-refractivity contribution < 1.29 is 4.39 Å². The molecule has 0 fully saturated rings. The lowest BCUT2D eigenvalue weighted by molar-refractivity contribution is 0.537. The smallest absolute Gasteiger partial charge is 0.123 e. The number of benzene rings is 1. The highest BCUT2D eigenvalue weighted by molar-refractivity contribution is 5.15. The van der Waals surface area contributed by atoms with Crippen molar-refractivity contribution in [1.82, 2.24) is 5.32 Å². The van der Waals surface area contributed by atoms with Crippen LogP contribution in [0.25, 0.3) is 0 Å². The molecule has 1 N–H and O–H groups in total. The zero-order valence-corrected chi connectivity index (χ0v) is 15.8. The monoisotopic (exact) mass is 335 g/mol. The molecule has 1 aromatic carbocycles. The van der Waals surface area contributed by atoms with Gasteiger partial charge in [-0.1, -0.05) is 83.3 Å². The van der Waals surface area contributed by atoms with Crippen LogP contribution in [0.15, 0.2) is 24.3 Å². The summed E-state index contributed by atoms with van der Waals surface area (Å²) in [7, 11) is 0. The summed E-state index contributed by atoms with van der Waals surface area (Å²) in [6.45, 7) is 4.48. The van der Waals surface area contributed by atoms with Crippen molar-refractivity contribution in [1.29, 1.82) is 0 Å². The third kappa shape index (κ3) is 12.5. The Morgan fingerprint density at radius 2 is 1.17 bits per heavy atom. The van der Waals surface area contributed by atoms with Gasteiger partial charge in [-0.2, -0.15) is 0 Å². The third-order valence-electron chi connectivity index (χ3n) is 4.69. The third-order valence-corrected chi connectivity index (χ3v) is 4.69. The van der Waals surface area contributed by atoms with Gasteiger partial charge < -0.3 is 5.32 Å². The normalized spacial score (nSPS) is 11.1. The molecule has 0 aliphatic rings. The van der Waals surface area contributed by atoms with E-state index in [1.807, 2.05) is 12.1 Å². The molecule has 0 saturated carbocycles. The highest BCUT2D eigenvalue weighted by Crippen LogP contribution is 2.11. The fourth-order valence-corrected chi connectivity index (χ4v) is 3.11. The van der Waals surface area contributed by atoms with Crippen molar-refractivity contribution in [2.75, 3.05) is 13.1 Å². The number of hydrogen-bond acceptors (Lipinski definition) is 1. The van der Waals surface area contributed by atoms with Gasteiger partial charge in [0.1, 0.15) is 5.82 Å². The Morgan fingerprint density at radius 3 is 1.75 bits per heavy atom. The molecule has 0 aliphatic carbocycles. The molecule has 0 aromatic heterocycles. The van der Waals surface area contributed by atoms with Gasteiger partial charge in [-0.25, -0.2) is 4.39 Å². The summed E-state index contributed by atoms with van der Waals surface area (Å²) in [6.07, 6.45) is 17.6. The minimum Gasteiger partial charge on any atom is -0.317 e. The van der Waals surface area contributed by atoms with Crippen molar-refractivity contribution in [2.45, 2.75) is 90.4 Å². The van der Waals surface area contributed by atoms with E-state index in [0.29, 0.717) is 0 Å². The highest BCUT2D eigenvalue weighted by Gasteiger charge is 1.95. The first-order valence-corrected chi connectivity index (χ1v) is 10.3. The average Bonchev–Trinajstić information content (AvgIpc) is 2.60. The fourth-order valence-electron chi connectivity index (χ4n) is 3.11. The maximum atomic E-state index is 12.8. The molecule has 1 rings (SSSR count). The number of aryl methyl sites for hydroxylation is 1. The molecule has 0 radical (unpaired) electrons. The van der Waals surface area contributed by atoms with Crippen molar-refractivity contribution in [3.63, 3.8) is 0 Å². The highest BCUT2D eigenvalue weighted by atomic mass is 19.1. The van der Waals surface area contributed by atoms with E-state index in [2.05, 4.69) is 12.2 Å². The second-order valence-electron chi connectivity index (χ2n) is 7.02. The lowest BCUT2D eigenvalue weighted by atomic mass is 10.1. The maximum Gasteiger partial charge on any atom is 0.123 e. The number of unbranched alkanes of at least 4 members (excludes halogenated alkanes) is 10. The molecule has 24 heavy (non-hydrogen) atoms. The second-order valence-corrected chi connectivity index (χ2v) is 7.02. The van der Waals surface area contributed by atoms with Gasteiger partial charge in [-0.3, -0.25) is 0 Å². The molecule has 1 aromatic rings. The topological polar surface area (TPSA) is 12.0 Å². The Bertz CT molecular complexity index is 374. The lowest BCUT2D eigenvalue weighted by Crippen LogP contribution is -2.17. The molecular formula is C22H38FN. The standard InChI is InChI=1S/C22H38FN/c1-2-3-4-5-6-7-8-9-10-11-12-19-24-20-13-14-21-15-17-22(23)18-16-21/h15-18,24H,2-14,19-20H2,1H3. The molecule has 0 unspecified atom stereocenters. The molecule has 2 heteroatoms. The molecule has 0 atom stereocenters. The zero-order chi connectivity index (χ0) is 17.3. The molecular weight excluding hydrogens is 297 g/mol. The lowest BCUT2D eigenvalue weighted by Gasteiger charge is -2.05. The number of hydrogen-bond donors (Lipinski definition) is 1. The zero-order valence-electron chi connectivity index (χ0n) is 15.8. The van der Waals surface area contributed by atoms with Crippen LogP contribution in [0, 0.1) is 5.82 Å². The molecule has 0 bridgehead atoms. The molecule has 0 amide bonds. The van der Waals surface area contributed by atoms with E-state index in [-0.39, 0.29) is 5.82 Å². The van der Waals surface area contributed by atoms with E-state index in [1.54, 1.807) is 12.1 Å². The summed E-state index contributed by atoms with van der Waals surface area (Å²) in [5.74, 6) is -0.145. The second kappa shape index (κ2) is 15.6. The van der Waals surface area contributed by atoms with Crippen LogP contribution in [-0.4, -0.2) is 13.1 Å². The van der Waals surface area contributed by atoms with E-state index in [1.165, 1.54) is 76.2 Å². The van der Waals surface area contributed by atoms with Gasteiger partial charge in [-0.05, 0) is 50.0 Å². The SMILES string of the molecule is CCCCCCCCCCCCCNCCCc1ccc(F)cc1. The van der Waals surface area contributed by atoms with Crippen LogP contribution in [0.4, 0.5) is 4.39 Å². The largest absolute Gasteiger partial charge is 0.317 e. The average molecular weight is 336 g/mol. The van der Waals surface area contributed by atoms with Crippen LogP contribution in [0.5, 0.6) is 0 Å². The Balaban J connectivity index is 1.75. The Hall–Kier alpha value is -0.890. The van der Waals surface area contributed by atoms with Crippen LogP contribution in [0.1, 0.15) is 89.5 Å². The van der Waals surface area contributed by atoms with Gasteiger partial charge in [0, 0.05) is 0 Å². The van der Waals surface area contributed by atoms with Crippen molar-refractivity contribution in [3.05, 3.63) is 35.6 Å². The van der Waals surface area contributed by atoms with E-state index in [0.717, 1.165) is 25.9 Å². The number of halogens is 1. The number of rotatable bonds is 16. The first-order chi connectivity index (χ1) is 11.8. The molecule has 1 nitrogen and oxygen atoms in total. The summed E-state index contributed by atoms with van der Waals surface area (Å²) in [6, 6.07) is 6.88. The molecule has 0 spiro atoms. The molecule has 0 saturated heterocycles. The number of nitrogens with one attached hydrogen (secondary N) is 1. The quantitative estimate of drug-likeness (QED) is 0.333. The minimum atomic E-state index is -0.145. The van der Waals surface area contributed by atoms with E-state index < -0.39 is 0 Å². The predicted molar refractivity (Wildman–Crippen MR) is 104 cm³/mol. The van der Waals surface area contributed by atoms with Crippen LogP contribution >= 0.6 is 0 Å². The van der Waals surface area contributed by atoms with Gasteiger partial charge in [0.15, 0.2) is 0 Å². The Labute approximate surface area is 149 Å². The summed E-state index contributed by atoms with van der Waals surface area (Å²) < 4.78 is 12.8. The van der Waals surface area contributed by atoms with Gasteiger partial charge >= 0.3 is 0 Å². The van der Waals surface area contributed by atoms with Crippen molar-refractivity contribution in [3.8, 4) is 0 Å². The Kier molecular flexibility index (Phi) is 13.8. The van der Waals surface area contributed by atoms with Crippen LogP contribution < -0.4 is 5.32 Å². The van der Waals surface area contributed by atoms with Gasteiger partial charge in [0.05, 0.1) is 0 Å². The van der Waals surface area contributed by atoms with Gasteiger partial charge in [0.2, 0.25) is 0 Å². The van der Waals surface area contributed by atoms with Crippen molar-refractivity contribution >= 4 is 0 Å². The van der Waals surface area contributed by atoms with Crippen LogP contribution in [0.3, 0.4) is 0 Å². The summed E-state index contributed by atoms with van der Waals surface area (Å²) in [5, 5.41) is 3.52.